The van der Waals surface area contributed by atoms with Crippen LogP contribution in [0.1, 0.15) is 52.9 Å². The summed E-state index contributed by atoms with van der Waals surface area (Å²) < 4.78 is 0.607. The van der Waals surface area contributed by atoms with Crippen LogP contribution in [0.25, 0.3) is 0 Å². The van der Waals surface area contributed by atoms with Crippen molar-refractivity contribution in [2.45, 2.75) is 62.5 Å². The molecule has 0 aromatic carbocycles. The fraction of sp³-hybridized carbons (Fsp3) is 0.667. The predicted octanol–water partition coefficient (Wildman–Crippen LogP) is 5.14. The molecule has 0 aliphatic heterocycles. The third kappa shape index (κ3) is 9.93. The maximum absolute atomic E-state index is 4.74. The molecular weight excluding hydrogens is 359 g/mol. The van der Waals surface area contributed by atoms with E-state index in [2.05, 4.69) is 59.7 Å². The largest absolute Gasteiger partial charge is 0.256 e. The van der Waals surface area contributed by atoms with Gasteiger partial charge in [0.25, 0.3) is 0 Å². The Balaban J connectivity index is 0.00000324. The van der Waals surface area contributed by atoms with E-state index in [9.17, 15) is 0 Å². The van der Waals surface area contributed by atoms with Crippen LogP contribution < -0.4 is 0 Å². The number of hydrogen-bond donors (Lipinski definition) is 0. The van der Waals surface area contributed by atoms with Crippen molar-refractivity contribution in [3.8, 4) is 0 Å². The zero-order valence-corrected chi connectivity index (χ0v) is 16.1. The first kappa shape index (κ1) is 19.5. The molecule has 0 atom stereocenters. The van der Waals surface area contributed by atoms with Gasteiger partial charge in [0.1, 0.15) is 0 Å². The van der Waals surface area contributed by atoms with Crippen LogP contribution >= 0.6 is 23.5 Å². The normalized spacial score (nSPS) is 12.1. The van der Waals surface area contributed by atoms with Crippen LogP contribution in [0.5, 0.6) is 0 Å². The molecular formula is C15H25NRuS2. The average molecular weight is 385 g/mol. The van der Waals surface area contributed by atoms with Crippen molar-refractivity contribution < 1.29 is 19.5 Å². The number of aromatic nitrogens is 1. The SMILES string of the molecule is CC(C)(C)SCc1cccc(CSC(C)(C)C)n1.[Ru]. The zero-order valence-electron chi connectivity index (χ0n) is 12.8. The Morgan fingerprint density at radius 2 is 1.21 bits per heavy atom. The summed E-state index contributed by atoms with van der Waals surface area (Å²) in [5.74, 6) is 2.00. The van der Waals surface area contributed by atoms with Gasteiger partial charge in [-0.25, -0.2) is 0 Å². The van der Waals surface area contributed by atoms with Crippen LogP contribution in [0.2, 0.25) is 0 Å². The van der Waals surface area contributed by atoms with Gasteiger partial charge in [-0.15, -0.1) is 23.5 Å². The summed E-state index contributed by atoms with van der Waals surface area (Å²) in [4.78, 5) is 4.74. The molecule has 4 heteroatoms. The van der Waals surface area contributed by atoms with Gasteiger partial charge in [-0.2, -0.15) is 0 Å². The summed E-state index contributed by atoms with van der Waals surface area (Å²) in [6, 6.07) is 6.39. The second-order valence-electron chi connectivity index (χ2n) is 6.42. The van der Waals surface area contributed by atoms with Gasteiger partial charge < -0.3 is 0 Å². The molecule has 0 aliphatic rings. The smallest absolute Gasteiger partial charge is 0.0506 e. The first-order valence-corrected chi connectivity index (χ1v) is 8.36. The number of hydrogen-bond acceptors (Lipinski definition) is 3. The molecule has 1 heterocycles. The number of pyridine rings is 1. The molecule has 0 amide bonds. The van der Waals surface area contributed by atoms with Gasteiger partial charge in [-0.1, -0.05) is 47.6 Å². The van der Waals surface area contributed by atoms with Crippen molar-refractivity contribution in [3.05, 3.63) is 29.6 Å². The third-order valence-electron chi connectivity index (χ3n) is 2.17. The predicted molar refractivity (Wildman–Crippen MR) is 86.3 cm³/mol. The Morgan fingerprint density at radius 3 is 1.53 bits per heavy atom. The van der Waals surface area contributed by atoms with Crippen molar-refractivity contribution in [2.24, 2.45) is 0 Å². The van der Waals surface area contributed by atoms with E-state index >= 15 is 0 Å². The van der Waals surface area contributed by atoms with Gasteiger partial charge in [-0.3, -0.25) is 4.98 Å². The van der Waals surface area contributed by atoms with E-state index in [1.165, 1.54) is 11.4 Å². The van der Waals surface area contributed by atoms with E-state index in [4.69, 9.17) is 4.98 Å². The summed E-state index contributed by atoms with van der Waals surface area (Å²) in [5.41, 5.74) is 2.39. The molecule has 0 bridgehead atoms. The van der Waals surface area contributed by atoms with Gasteiger partial charge in [-0.05, 0) is 12.1 Å². The first-order chi connectivity index (χ1) is 8.16. The standard InChI is InChI=1S/C15H25NS2.Ru/c1-14(2,3)17-10-12-8-7-9-13(16-12)11-18-15(4,5)6;/h7-9H,10-11H2,1-6H3;. The molecule has 0 N–H and O–H groups in total. The minimum absolute atomic E-state index is 0. The van der Waals surface area contributed by atoms with Crippen molar-refractivity contribution in [3.63, 3.8) is 0 Å². The molecule has 1 aromatic heterocycles. The first-order valence-electron chi connectivity index (χ1n) is 6.38. The van der Waals surface area contributed by atoms with Gasteiger partial charge >= 0.3 is 0 Å². The van der Waals surface area contributed by atoms with E-state index in [1.54, 1.807) is 0 Å². The zero-order chi connectivity index (χ0) is 13.8. The topological polar surface area (TPSA) is 12.9 Å². The summed E-state index contributed by atoms with van der Waals surface area (Å²) in [6.07, 6.45) is 0. The second-order valence-corrected chi connectivity index (χ2v) is 10.0. The molecule has 0 saturated carbocycles. The number of nitrogens with zero attached hydrogens (tertiary/aromatic N) is 1. The third-order valence-corrected chi connectivity index (χ3v) is 4.78. The fourth-order valence-corrected chi connectivity index (χ4v) is 2.75. The molecule has 0 saturated heterocycles. The van der Waals surface area contributed by atoms with Crippen molar-refractivity contribution in [2.75, 3.05) is 0 Å². The average Bonchev–Trinajstić information content (AvgIpc) is 2.22. The molecule has 1 rings (SSSR count). The van der Waals surface area contributed by atoms with Crippen LogP contribution in [0.15, 0.2) is 18.2 Å². The molecule has 0 fully saturated rings. The molecule has 1 nitrogen and oxygen atoms in total. The van der Waals surface area contributed by atoms with Crippen LogP contribution in [0, 0.1) is 0 Å². The van der Waals surface area contributed by atoms with Crippen LogP contribution in [-0.2, 0) is 31.0 Å². The molecule has 110 valence electrons. The van der Waals surface area contributed by atoms with Crippen molar-refractivity contribution in [1.82, 2.24) is 4.98 Å². The van der Waals surface area contributed by atoms with Crippen molar-refractivity contribution in [1.29, 1.82) is 0 Å². The summed E-state index contributed by atoms with van der Waals surface area (Å²) >= 11 is 3.90. The van der Waals surface area contributed by atoms with Crippen LogP contribution in [0.3, 0.4) is 0 Å². The number of rotatable bonds is 4. The molecule has 0 unspecified atom stereocenters. The number of thioether (sulfide) groups is 2. The Kier molecular flexibility index (Phi) is 8.25. The van der Waals surface area contributed by atoms with Crippen LogP contribution in [0.4, 0.5) is 0 Å². The summed E-state index contributed by atoms with van der Waals surface area (Å²) in [5, 5.41) is 0. The van der Waals surface area contributed by atoms with Crippen molar-refractivity contribution >= 4 is 23.5 Å². The molecule has 1 aromatic rings. The summed E-state index contributed by atoms with van der Waals surface area (Å²) in [6.45, 7) is 13.5. The van der Waals surface area contributed by atoms with E-state index < -0.39 is 0 Å². The second kappa shape index (κ2) is 8.05. The Bertz CT molecular complexity index is 347. The maximum atomic E-state index is 4.74. The Labute approximate surface area is 139 Å². The van der Waals surface area contributed by atoms with Crippen LogP contribution in [-0.4, -0.2) is 14.5 Å². The van der Waals surface area contributed by atoms with E-state index in [-0.39, 0.29) is 19.5 Å². The van der Waals surface area contributed by atoms with Gasteiger partial charge in [0.2, 0.25) is 0 Å². The molecule has 19 heavy (non-hydrogen) atoms. The van der Waals surface area contributed by atoms with Gasteiger partial charge in [0, 0.05) is 40.5 Å². The monoisotopic (exact) mass is 385 g/mol. The quantitative estimate of drug-likeness (QED) is 0.667. The Hall–Kier alpha value is 0.473. The minimum atomic E-state index is 0. The maximum Gasteiger partial charge on any atom is 0.0506 e. The molecule has 0 spiro atoms. The van der Waals surface area contributed by atoms with Gasteiger partial charge in [0.05, 0.1) is 11.4 Å². The van der Waals surface area contributed by atoms with E-state index in [1.807, 2.05) is 23.5 Å². The fourth-order valence-electron chi connectivity index (χ4n) is 1.27. The molecule has 0 aliphatic carbocycles. The van der Waals surface area contributed by atoms with E-state index in [0.29, 0.717) is 9.49 Å². The minimum Gasteiger partial charge on any atom is -0.256 e. The van der Waals surface area contributed by atoms with Gasteiger partial charge in [0.15, 0.2) is 0 Å². The summed E-state index contributed by atoms with van der Waals surface area (Å²) in [7, 11) is 0. The Morgan fingerprint density at radius 1 is 0.842 bits per heavy atom. The molecule has 0 radical (unpaired) electrons. The van der Waals surface area contributed by atoms with E-state index in [0.717, 1.165) is 11.5 Å².